The predicted octanol–water partition coefficient (Wildman–Crippen LogP) is 4.61. The summed E-state index contributed by atoms with van der Waals surface area (Å²) in [5, 5.41) is 2.95. The molecule has 0 saturated carbocycles. The van der Waals surface area contributed by atoms with Crippen LogP contribution in [0.25, 0.3) is 6.08 Å². The van der Waals surface area contributed by atoms with Crippen molar-refractivity contribution >= 4 is 29.3 Å². The van der Waals surface area contributed by atoms with Crippen molar-refractivity contribution in [3.8, 4) is 0 Å². The summed E-state index contributed by atoms with van der Waals surface area (Å²) in [7, 11) is 0. The van der Waals surface area contributed by atoms with Crippen LogP contribution in [0, 0.1) is 6.92 Å². The van der Waals surface area contributed by atoms with Gasteiger partial charge in [0.25, 0.3) is 5.91 Å². The number of nitrogens with zero attached hydrogens (tertiary/aromatic N) is 2. The molecule has 5 nitrogen and oxygen atoms in total. The average molecular weight is 426 g/mol. The third-order valence-electron chi connectivity index (χ3n) is 5.58. The van der Waals surface area contributed by atoms with Crippen molar-refractivity contribution in [1.82, 2.24) is 4.90 Å². The van der Waals surface area contributed by atoms with Gasteiger partial charge in [0, 0.05) is 49.2 Å². The molecule has 2 amide bonds. The van der Waals surface area contributed by atoms with Gasteiger partial charge in [-0.25, -0.2) is 0 Å². The normalized spacial score (nSPS) is 13.9. The summed E-state index contributed by atoms with van der Waals surface area (Å²) in [5.74, 6) is -0.0696. The van der Waals surface area contributed by atoms with E-state index in [9.17, 15) is 9.59 Å². The third kappa shape index (κ3) is 5.43. The molecular weight excluding hydrogens is 398 g/mol. The standard InChI is InChI=1S/C27H27N3O2/c1-21-6-5-9-23(20-21)27(32)28-24-11-13-25(14-12-24)29-16-18-30(19-17-29)26(31)15-10-22-7-3-2-4-8-22/h2-15,20H,16-19H2,1H3,(H,28,32)/b15-10+. The van der Waals surface area contributed by atoms with Gasteiger partial charge in [0.1, 0.15) is 0 Å². The second-order valence-electron chi connectivity index (χ2n) is 7.93. The molecule has 0 aliphatic carbocycles. The van der Waals surface area contributed by atoms with Crippen molar-refractivity contribution < 1.29 is 9.59 Å². The highest BCUT2D eigenvalue weighted by Gasteiger charge is 2.20. The summed E-state index contributed by atoms with van der Waals surface area (Å²) >= 11 is 0. The van der Waals surface area contributed by atoms with Gasteiger partial charge < -0.3 is 15.1 Å². The Balaban J connectivity index is 1.29. The minimum Gasteiger partial charge on any atom is -0.368 e. The molecule has 5 heteroatoms. The molecule has 3 aromatic carbocycles. The number of aryl methyl sites for hydroxylation is 1. The molecule has 1 aliphatic rings. The fraction of sp³-hybridized carbons (Fsp3) is 0.185. The van der Waals surface area contributed by atoms with E-state index in [2.05, 4.69) is 10.2 Å². The largest absolute Gasteiger partial charge is 0.368 e. The lowest BCUT2D eigenvalue weighted by Gasteiger charge is -2.35. The minimum atomic E-state index is -0.114. The second kappa shape index (κ2) is 9.96. The first-order valence-electron chi connectivity index (χ1n) is 10.8. The lowest BCUT2D eigenvalue weighted by molar-refractivity contribution is -0.126. The number of amides is 2. The van der Waals surface area contributed by atoms with Crippen molar-refractivity contribution in [1.29, 1.82) is 0 Å². The molecule has 0 aromatic heterocycles. The van der Waals surface area contributed by atoms with Crippen molar-refractivity contribution in [3.05, 3.63) is 102 Å². The second-order valence-corrected chi connectivity index (χ2v) is 7.93. The molecule has 32 heavy (non-hydrogen) atoms. The molecule has 1 saturated heterocycles. The molecule has 0 spiro atoms. The molecule has 0 unspecified atom stereocenters. The fourth-order valence-electron chi connectivity index (χ4n) is 3.77. The first kappa shape index (κ1) is 21.4. The van der Waals surface area contributed by atoms with E-state index in [4.69, 9.17) is 0 Å². The van der Waals surface area contributed by atoms with Crippen LogP contribution in [0.1, 0.15) is 21.5 Å². The summed E-state index contributed by atoms with van der Waals surface area (Å²) in [6.07, 6.45) is 3.51. The smallest absolute Gasteiger partial charge is 0.255 e. The van der Waals surface area contributed by atoms with Crippen LogP contribution < -0.4 is 10.2 Å². The number of nitrogens with one attached hydrogen (secondary N) is 1. The lowest BCUT2D eigenvalue weighted by Crippen LogP contribution is -2.48. The van der Waals surface area contributed by atoms with E-state index in [0.29, 0.717) is 18.7 Å². The van der Waals surface area contributed by atoms with Crippen LogP contribution in [-0.2, 0) is 4.79 Å². The van der Waals surface area contributed by atoms with Gasteiger partial charge in [-0.05, 0) is 55.0 Å². The van der Waals surface area contributed by atoms with Gasteiger partial charge in [-0.3, -0.25) is 9.59 Å². The van der Waals surface area contributed by atoms with Crippen LogP contribution in [0.4, 0.5) is 11.4 Å². The van der Waals surface area contributed by atoms with Gasteiger partial charge in [0.2, 0.25) is 5.91 Å². The fourth-order valence-corrected chi connectivity index (χ4v) is 3.77. The average Bonchev–Trinajstić information content (AvgIpc) is 2.84. The van der Waals surface area contributed by atoms with E-state index in [1.54, 1.807) is 6.08 Å². The zero-order valence-electron chi connectivity index (χ0n) is 18.2. The summed E-state index contributed by atoms with van der Waals surface area (Å²) in [4.78, 5) is 29.1. The molecule has 0 atom stereocenters. The van der Waals surface area contributed by atoms with Gasteiger partial charge in [0.05, 0.1) is 0 Å². The first-order chi connectivity index (χ1) is 15.6. The third-order valence-corrected chi connectivity index (χ3v) is 5.58. The predicted molar refractivity (Wildman–Crippen MR) is 130 cm³/mol. The Hall–Kier alpha value is -3.86. The maximum atomic E-state index is 12.5. The number of hydrogen-bond acceptors (Lipinski definition) is 3. The van der Waals surface area contributed by atoms with Gasteiger partial charge in [-0.15, -0.1) is 0 Å². The lowest BCUT2D eigenvalue weighted by atomic mass is 10.1. The maximum Gasteiger partial charge on any atom is 0.255 e. The van der Waals surface area contributed by atoms with Crippen molar-refractivity contribution in [2.45, 2.75) is 6.92 Å². The molecule has 0 radical (unpaired) electrons. The summed E-state index contributed by atoms with van der Waals surface area (Å²) in [6, 6.07) is 25.3. The van der Waals surface area contributed by atoms with Crippen LogP contribution in [0.2, 0.25) is 0 Å². The van der Waals surface area contributed by atoms with Crippen LogP contribution >= 0.6 is 0 Å². The Morgan fingerprint density at radius 3 is 2.25 bits per heavy atom. The van der Waals surface area contributed by atoms with Gasteiger partial charge in [-0.2, -0.15) is 0 Å². The number of carbonyl (C=O) groups is 2. The molecule has 0 bridgehead atoms. The van der Waals surface area contributed by atoms with E-state index in [-0.39, 0.29) is 11.8 Å². The summed E-state index contributed by atoms with van der Waals surface area (Å²) in [5.41, 5.74) is 4.58. The Morgan fingerprint density at radius 1 is 0.844 bits per heavy atom. The molecule has 1 fully saturated rings. The summed E-state index contributed by atoms with van der Waals surface area (Å²) < 4.78 is 0. The number of benzene rings is 3. The molecular formula is C27H27N3O2. The van der Waals surface area contributed by atoms with E-state index < -0.39 is 0 Å². The van der Waals surface area contributed by atoms with Crippen LogP contribution in [0.15, 0.2) is 84.9 Å². The molecule has 1 aliphatic heterocycles. The van der Waals surface area contributed by atoms with E-state index in [1.807, 2.05) is 96.8 Å². The van der Waals surface area contributed by atoms with Crippen molar-refractivity contribution in [2.75, 3.05) is 36.4 Å². The Bertz CT molecular complexity index is 1100. The Labute approximate surface area is 189 Å². The van der Waals surface area contributed by atoms with Crippen molar-refractivity contribution in [3.63, 3.8) is 0 Å². The monoisotopic (exact) mass is 425 g/mol. The highest BCUT2D eigenvalue weighted by molar-refractivity contribution is 6.04. The van der Waals surface area contributed by atoms with E-state index in [0.717, 1.165) is 35.6 Å². The number of hydrogen-bond donors (Lipinski definition) is 1. The van der Waals surface area contributed by atoms with Gasteiger partial charge in [0.15, 0.2) is 0 Å². The van der Waals surface area contributed by atoms with E-state index >= 15 is 0 Å². The SMILES string of the molecule is Cc1cccc(C(=O)Nc2ccc(N3CCN(C(=O)/C=C/c4ccccc4)CC3)cc2)c1. The highest BCUT2D eigenvalue weighted by atomic mass is 16.2. The molecule has 1 heterocycles. The molecule has 3 aromatic rings. The van der Waals surface area contributed by atoms with E-state index in [1.165, 1.54) is 0 Å². The minimum absolute atomic E-state index is 0.0442. The van der Waals surface area contributed by atoms with Crippen LogP contribution in [0.5, 0.6) is 0 Å². The van der Waals surface area contributed by atoms with Crippen LogP contribution in [-0.4, -0.2) is 42.9 Å². The molecule has 1 N–H and O–H groups in total. The highest BCUT2D eigenvalue weighted by Crippen LogP contribution is 2.20. The zero-order valence-corrected chi connectivity index (χ0v) is 18.2. The van der Waals surface area contributed by atoms with Gasteiger partial charge in [-0.1, -0.05) is 48.0 Å². The van der Waals surface area contributed by atoms with Gasteiger partial charge >= 0.3 is 0 Å². The zero-order chi connectivity index (χ0) is 22.3. The number of anilines is 2. The number of rotatable bonds is 5. The first-order valence-corrected chi connectivity index (χ1v) is 10.8. The summed E-state index contributed by atoms with van der Waals surface area (Å²) in [6.45, 7) is 4.89. The number of carbonyl (C=O) groups excluding carboxylic acids is 2. The Kier molecular flexibility index (Phi) is 6.66. The van der Waals surface area contributed by atoms with Crippen molar-refractivity contribution in [2.24, 2.45) is 0 Å². The van der Waals surface area contributed by atoms with Crippen LogP contribution in [0.3, 0.4) is 0 Å². The topological polar surface area (TPSA) is 52.7 Å². The number of piperazine rings is 1. The molecule has 4 rings (SSSR count). The Morgan fingerprint density at radius 2 is 1.56 bits per heavy atom. The quantitative estimate of drug-likeness (QED) is 0.608. The maximum absolute atomic E-state index is 12.5. The molecule has 162 valence electrons.